The molecule has 4 rings (SSSR count). The average molecular weight is 699 g/mol. The predicted octanol–water partition coefficient (Wildman–Crippen LogP) is 10.2. The van der Waals surface area contributed by atoms with Gasteiger partial charge < -0.3 is 19.9 Å². The largest absolute Gasteiger partial charge is 0.493 e. The minimum atomic E-state index is -4.45. The van der Waals surface area contributed by atoms with Crippen LogP contribution in [0.2, 0.25) is 0 Å². The molecular formula is C36H35BrF3NO5. The van der Waals surface area contributed by atoms with E-state index in [1.165, 1.54) is 18.6 Å². The van der Waals surface area contributed by atoms with Gasteiger partial charge in [-0.2, -0.15) is 13.2 Å². The van der Waals surface area contributed by atoms with Crippen molar-refractivity contribution >= 4 is 27.8 Å². The second kappa shape index (κ2) is 16.3. The van der Waals surface area contributed by atoms with E-state index in [0.717, 1.165) is 43.4 Å². The SMILES string of the molecule is CCCCCCCOc1ccc(Br)cc1C(=O)NC(CC(=O)O)c1ccc(-c2ccccc2Oc2ccc(C(F)(F)F)cc2)cc1. The van der Waals surface area contributed by atoms with Gasteiger partial charge in [0.1, 0.15) is 17.2 Å². The summed E-state index contributed by atoms with van der Waals surface area (Å²) >= 11 is 3.41. The molecule has 242 valence electrons. The molecule has 0 fully saturated rings. The standard InChI is InChI=1S/C36H35BrF3NO5/c1-2-3-4-5-8-21-45-32-20-17-27(37)22-30(32)35(44)41-31(23-34(42)43)25-13-11-24(12-14-25)29-9-6-7-10-33(29)46-28-18-15-26(16-19-28)36(38,39)40/h6-7,9-20,22,31H,2-5,8,21,23H2,1H3,(H,41,44)(H,42,43). The Morgan fingerprint density at radius 3 is 2.24 bits per heavy atom. The molecule has 0 aliphatic carbocycles. The number of para-hydroxylation sites is 1. The Morgan fingerprint density at radius 2 is 1.57 bits per heavy atom. The number of benzene rings is 4. The Balaban J connectivity index is 1.50. The molecule has 0 saturated carbocycles. The number of carbonyl (C=O) groups is 2. The van der Waals surface area contributed by atoms with Gasteiger partial charge in [0.2, 0.25) is 0 Å². The third kappa shape index (κ3) is 9.84. The van der Waals surface area contributed by atoms with Crippen LogP contribution in [0.25, 0.3) is 11.1 Å². The molecule has 2 N–H and O–H groups in total. The van der Waals surface area contributed by atoms with Crippen molar-refractivity contribution in [1.82, 2.24) is 5.32 Å². The number of rotatable bonds is 15. The Bertz CT molecular complexity index is 1610. The fourth-order valence-corrected chi connectivity index (χ4v) is 5.25. The van der Waals surface area contributed by atoms with Crippen molar-refractivity contribution in [3.8, 4) is 28.4 Å². The van der Waals surface area contributed by atoms with E-state index in [9.17, 15) is 27.9 Å². The quantitative estimate of drug-likeness (QED) is 0.121. The summed E-state index contributed by atoms with van der Waals surface area (Å²) < 4.78 is 51.4. The van der Waals surface area contributed by atoms with Crippen molar-refractivity contribution in [2.45, 2.75) is 57.7 Å². The Labute approximate surface area is 274 Å². The summed E-state index contributed by atoms with van der Waals surface area (Å²) in [6, 6.07) is 22.8. The molecule has 0 aliphatic rings. The molecule has 0 radical (unpaired) electrons. The van der Waals surface area contributed by atoms with Crippen molar-refractivity contribution in [2.24, 2.45) is 0 Å². The maximum Gasteiger partial charge on any atom is 0.416 e. The number of carboxylic acid groups (broad SMARTS) is 1. The van der Waals surface area contributed by atoms with E-state index >= 15 is 0 Å². The number of aliphatic carboxylic acids is 1. The van der Waals surface area contributed by atoms with Crippen LogP contribution in [-0.2, 0) is 11.0 Å². The number of carboxylic acids is 1. The van der Waals surface area contributed by atoms with Crippen molar-refractivity contribution in [2.75, 3.05) is 6.61 Å². The number of ether oxygens (including phenoxy) is 2. The van der Waals surface area contributed by atoms with E-state index in [-0.39, 0.29) is 12.2 Å². The topological polar surface area (TPSA) is 84.9 Å². The Morgan fingerprint density at radius 1 is 0.870 bits per heavy atom. The molecule has 10 heteroatoms. The van der Waals surface area contributed by atoms with Crippen molar-refractivity contribution < 1.29 is 37.3 Å². The summed E-state index contributed by atoms with van der Waals surface area (Å²) in [5, 5.41) is 12.5. The van der Waals surface area contributed by atoms with Gasteiger partial charge in [-0.05, 0) is 66.1 Å². The molecule has 0 aliphatic heterocycles. The van der Waals surface area contributed by atoms with Crippen LogP contribution in [0.3, 0.4) is 0 Å². The second-order valence-electron chi connectivity index (χ2n) is 10.8. The van der Waals surface area contributed by atoms with Crippen molar-refractivity contribution in [3.63, 3.8) is 0 Å². The Kier molecular flexibility index (Phi) is 12.3. The third-order valence-corrected chi connectivity index (χ3v) is 7.79. The molecular weight excluding hydrogens is 663 g/mol. The van der Waals surface area contributed by atoms with Gasteiger partial charge in [-0.3, -0.25) is 9.59 Å². The number of halogens is 4. The predicted molar refractivity (Wildman–Crippen MR) is 174 cm³/mol. The maximum absolute atomic E-state index is 13.5. The lowest BCUT2D eigenvalue weighted by atomic mass is 9.98. The van der Waals surface area contributed by atoms with Gasteiger partial charge >= 0.3 is 12.1 Å². The molecule has 4 aromatic carbocycles. The minimum absolute atomic E-state index is 0.244. The van der Waals surface area contributed by atoms with E-state index in [1.54, 1.807) is 60.7 Å². The number of carbonyl (C=O) groups excluding carboxylic acids is 1. The summed E-state index contributed by atoms with van der Waals surface area (Å²) in [5.41, 5.74) is 1.51. The molecule has 0 bridgehead atoms. The number of hydrogen-bond donors (Lipinski definition) is 2. The lowest BCUT2D eigenvalue weighted by Crippen LogP contribution is -2.30. The van der Waals surface area contributed by atoms with Gasteiger partial charge in [0.15, 0.2) is 0 Å². The minimum Gasteiger partial charge on any atom is -0.493 e. The zero-order valence-electron chi connectivity index (χ0n) is 25.3. The zero-order valence-corrected chi connectivity index (χ0v) is 26.9. The molecule has 0 heterocycles. The number of unbranched alkanes of at least 4 members (excludes halogenated alkanes) is 4. The molecule has 1 unspecified atom stereocenters. The van der Waals surface area contributed by atoms with Gasteiger partial charge in [-0.15, -0.1) is 0 Å². The van der Waals surface area contributed by atoms with Crippen LogP contribution < -0.4 is 14.8 Å². The average Bonchev–Trinajstić information content (AvgIpc) is 3.03. The molecule has 0 saturated heterocycles. The van der Waals surface area contributed by atoms with Crippen LogP contribution in [0.5, 0.6) is 17.2 Å². The normalized spacial score (nSPS) is 11.9. The van der Waals surface area contributed by atoms with Crippen LogP contribution in [0.1, 0.15) is 73.0 Å². The lowest BCUT2D eigenvalue weighted by Gasteiger charge is -2.20. The highest BCUT2D eigenvalue weighted by atomic mass is 79.9. The molecule has 0 spiro atoms. The lowest BCUT2D eigenvalue weighted by molar-refractivity contribution is -0.138. The Hall–Kier alpha value is -4.31. The van der Waals surface area contributed by atoms with E-state index in [0.29, 0.717) is 39.3 Å². The van der Waals surface area contributed by atoms with E-state index < -0.39 is 29.7 Å². The highest BCUT2D eigenvalue weighted by molar-refractivity contribution is 9.10. The van der Waals surface area contributed by atoms with Crippen LogP contribution in [-0.4, -0.2) is 23.6 Å². The number of alkyl halides is 3. The molecule has 6 nitrogen and oxygen atoms in total. The van der Waals surface area contributed by atoms with Crippen LogP contribution in [0, 0.1) is 0 Å². The molecule has 1 amide bonds. The molecule has 0 aromatic heterocycles. The first-order valence-corrected chi connectivity index (χ1v) is 15.8. The van der Waals surface area contributed by atoms with Crippen LogP contribution in [0.4, 0.5) is 13.2 Å². The monoisotopic (exact) mass is 697 g/mol. The van der Waals surface area contributed by atoms with Crippen LogP contribution in [0.15, 0.2) is 95.5 Å². The first-order chi connectivity index (χ1) is 22.0. The van der Waals surface area contributed by atoms with E-state index in [1.807, 2.05) is 6.07 Å². The summed E-state index contributed by atoms with van der Waals surface area (Å²) in [5.74, 6) is -0.452. The number of amides is 1. The van der Waals surface area contributed by atoms with Crippen LogP contribution >= 0.6 is 15.9 Å². The number of hydrogen-bond acceptors (Lipinski definition) is 4. The van der Waals surface area contributed by atoms with E-state index in [2.05, 4.69) is 28.2 Å². The summed E-state index contributed by atoms with van der Waals surface area (Å²) in [4.78, 5) is 25.2. The fourth-order valence-electron chi connectivity index (χ4n) is 4.88. The first kappa shape index (κ1) is 34.6. The zero-order chi connectivity index (χ0) is 33.1. The van der Waals surface area contributed by atoms with Gasteiger partial charge in [0.25, 0.3) is 5.91 Å². The van der Waals surface area contributed by atoms with E-state index in [4.69, 9.17) is 9.47 Å². The third-order valence-electron chi connectivity index (χ3n) is 7.30. The number of nitrogens with one attached hydrogen (secondary N) is 1. The molecule has 4 aromatic rings. The fraction of sp³-hybridized carbons (Fsp3) is 0.278. The van der Waals surface area contributed by atoms with Crippen molar-refractivity contribution in [1.29, 1.82) is 0 Å². The summed E-state index contributed by atoms with van der Waals surface area (Å²) in [6.07, 6.45) is 0.545. The highest BCUT2D eigenvalue weighted by Gasteiger charge is 2.30. The van der Waals surface area contributed by atoms with Gasteiger partial charge in [0, 0.05) is 10.0 Å². The van der Waals surface area contributed by atoms with Crippen molar-refractivity contribution in [3.05, 3.63) is 112 Å². The summed E-state index contributed by atoms with van der Waals surface area (Å²) in [6.45, 7) is 2.62. The second-order valence-corrected chi connectivity index (χ2v) is 11.7. The van der Waals surface area contributed by atoms with Gasteiger partial charge in [-0.1, -0.05) is 91.0 Å². The smallest absolute Gasteiger partial charge is 0.416 e. The first-order valence-electron chi connectivity index (χ1n) is 15.0. The van der Waals surface area contributed by atoms with Gasteiger partial charge in [0.05, 0.1) is 30.2 Å². The highest BCUT2D eigenvalue weighted by Crippen LogP contribution is 2.36. The maximum atomic E-state index is 13.5. The molecule has 1 atom stereocenters. The van der Waals surface area contributed by atoms with Gasteiger partial charge in [-0.25, -0.2) is 0 Å². The summed E-state index contributed by atoms with van der Waals surface area (Å²) in [7, 11) is 0. The molecule has 46 heavy (non-hydrogen) atoms.